The van der Waals surface area contributed by atoms with E-state index < -0.39 is 16.3 Å². The number of fused-ring (bicyclic) bond motifs is 1. The number of rotatable bonds is 4. The first kappa shape index (κ1) is 14.0. The van der Waals surface area contributed by atoms with Crippen LogP contribution in [0.2, 0.25) is 0 Å². The lowest BCUT2D eigenvalue weighted by molar-refractivity contribution is -0.384. The summed E-state index contributed by atoms with van der Waals surface area (Å²) in [6.07, 6.45) is 0.0622. The zero-order chi connectivity index (χ0) is 15.1. The summed E-state index contributed by atoms with van der Waals surface area (Å²) in [4.78, 5) is 34.7. The number of amides is 1. The van der Waals surface area contributed by atoms with Crippen LogP contribution in [-0.2, 0) is 16.0 Å². The lowest BCUT2D eigenvalue weighted by Crippen LogP contribution is -2.40. The molecule has 1 N–H and O–H groups in total. The molecule has 1 amide bonds. The van der Waals surface area contributed by atoms with E-state index in [1.54, 1.807) is 0 Å². The van der Waals surface area contributed by atoms with Crippen molar-refractivity contribution in [2.45, 2.75) is 20.3 Å². The third kappa shape index (κ3) is 2.34. The van der Waals surface area contributed by atoms with Crippen molar-refractivity contribution in [2.75, 3.05) is 11.4 Å². The van der Waals surface area contributed by atoms with Crippen LogP contribution in [0.25, 0.3) is 0 Å². The lowest BCUT2D eigenvalue weighted by atomic mass is 9.93. The summed E-state index contributed by atoms with van der Waals surface area (Å²) in [5.74, 6) is -1.24. The molecule has 0 bridgehead atoms. The Morgan fingerprint density at radius 1 is 1.50 bits per heavy atom. The van der Waals surface area contributed by atoms with E-state index in [0.717, 1.165) is 0 Å². The first-order chi connectivity index (χ1) is 9.22. The number of non-ortho nitro benzene ring substituents is 1. The number of benzene rings is 1. The minimum atomic E-state index is -1.08. The Morgan fingerprint density at radius 3 is 2.70 bits per heavy atom. The number of aliphatic carboxylic acids is 1. The van der Waals surface area contributed by atoms with Crippen LogP contribution in [0.5, 0.6) is 0 Å². The molecule has 7 nitrogen and oxygen atoms in total. The highest BCUT2D eigenvalue weighted by Crippen LogP contribution is 2.34. The molecule has 2 rings (SSSR count). The van der Waals surface area contributed by atoms with Crippen molar-refractivity contribution in [2.24, 2.45) is 5.41 Å². The van der Waals surface area contributed by atoms with Crippen LogP contribution in [0.4, 0.5) is 11.4 Å². The molecular weight excluding hydrogens is 264 g/mol. The maximum atomic E-state index is 12.0. The van der Waals surface area contributed by atoms with E-state index in [2.05, 4.69) is 0 Å². The molecule has 7 heteroatoms. The fourth-order valence-corrected chi connectivity index (χ4v) is 2.12. The molecule has 1 aliphatic heterocycles. The lowest BCUT2D eigenvalue weighted by Gasteiger charge is -2.26. The summed E-state index contributed by atoms with van der Waals surface area (Å²) in [6, 6.07) is 4.18. The Morgan fingerprint density at radius 2 is 2.15 bits per heavy atom. The fraction of sp³-hybridized carbons (Fsp3) is 0.385. The maximum absolute atomic E-state index is 12.0. The normalized spacial score (nSPS) is 14.3. The van der Waals surface area contributed by atoms with E-state index in [1.807, 2.05) is 0 Å². The van der Waals surface area contributed by atoms with Gasteiger partial charge in [0.25, 0.3) is 5.69 Å². The molecule has 0 aromatic heterocycles. The molecule has 1 aromatic rings. The molecular formula is C13H14N2O5. The van der Waals surface area contributed by atoms with Crippen LogP contribution in [-0.4, -0.2) is 28.5 Å². The number of anilines is 1. The van der Waals surface area contributed by atoms with Gasteiger partial charge in [-0.1, -0.05) is 0 Å². The fourth-order valence-electron chi connectivity index (χ4n) is 2.12. The van der Waals surface area contributed by atoms with Crippen LogP contribution >= 0.6 is 0 Å². The van der Waals surface area contributed by atoms with Crippen molar-refractivity contribution in [1.29, 1.82) is 0 Å². The molecule has 0 saturated carbocycles. The number of nitro groups is 1. The highest BCUT2D eigenvalue weighted by atomic mass is 16.6. The van der Waals surface area contributed by atoms with E-state index >= 15 is 0 Å². The van der Waals surface area contributed by atoms with Gasteiger partial charge in [-0.3, -0.25) is 19.7 Å². The van der Waals surface area contributed by atoms with Gasteiger partial charge < -0.3 is 10.0 Å². The largest absolute Gasteiger partial charge is 0.481 e. The van der Waals surface area contributed by atoms with Crippen LogP contribution in [0.3, 0.4) is 0 Å². The highest BCUT2D eigenvalue weighted by Gasteiger charge is 2.36. The van der Waals surface area contributed by atoms with Crippen molar-refractivity contribution in [3.63, 3.8) is 0 Å². The second-order valence-electron chi connectivity index (χ2n) is 5.42. The number of nitrogens with zero attached hydrogens (tertiary/aromatic N) is 2. The van der Waals surface area contributed by atoms with Gasteiger partial charge in [0.1, 0.15) is 0 Å². The molecule has 0 atom stereocenters. The molecule has 20 heavy (non-hydrogen) atoms. The predicted molar refractivity (Wildman–Crippen MR) is 70.6 cm³/mol. The number of nitro benzene ring substituents is 1. The second kappa shape index (κ2) is 4.59. The monoisotopic (exact) mass is 278 g/mol. The van der Waals surface area contributed by atoms with Crippen LogP contribution in [0.1, 0.15) is 19.4 Å². The number of carboxylic acids is 1. The van der Waals surface area contributed by atoms with Crippen molar-refractivity contribution in [3.05, 3.63) is 33.9 Å². The molecule has 0 unspecified atom stereocenters. The Labute approximate surface area is 115 Å². The summed E-state index contributed by atoms with van der Waals surface area (Å²) in [5, 5.41) is 19.8. The van der Waals surface area contributed by atoms with Gasteiger partial charge in [0, 0.05) is 24.4 Å². The van der Waals surface area contributed by atoms with E-state index in [4.69, 9.17) is 5.11 Å². The molecule has 106 valence electrons. The van der Waals surface area contributed by atoms with Crippen molar-refractivity contribution in [1.82, 2.24) is 0 Å². The topological polar surface area (TPSA) is 101 Å². The first-order valence-electron chi connectivity index (χ1n) is 6.03. The number of carboxylic acid groups (broad SMARTS) is 1. The van der Waals surface area contributed by atoms with Gasteiger partial charge in [0.15, 0.2) is 0 Å². The minimum Gasteiger partial charge on any atom is -0.481 e. The minimum absolute atomic E-state index is 0.0337. The van der Waals surface area contributed by atoms with E-state index in [-0.39, 0.29) is 24.6 Å². The predicted octanol–water partition coefficient (Wildman–Crippen LogP) is 1.59. The van der Waals surface area contributed by atoms with Crippen LogP contribution in [0, 0.1) is 15.5 Å². The first-order valence-corrected chi connectivity index (χ1v) is 6.03. The Bertz CT molecular complexity index is 609. The number of hydrogen-bond acceptors (Lipinski definition) is 4. The zero-order valence-electron chi connectivity index (χ0n) is 11.1. The summed E-state index contributed by atoms with van der Waals surface area (Å²) < 4.78 is 0. The molecule has 1 heterocycles. The molecule has 1 aliphatic rings. The third-order valence-electron chi connectivity index (χ3n) is 3.34. The molecule has 1 aromatic carbocycles. The van der Waals surface area contributed by atoms with Crippen molar-refractivity contribution < 1.29 is 19.6 Å². The summed E-state index contributed by atoms with van der Waals surface area (Å²) in [6.45, 7) is 3.10. The Balaban J connectivity index is 2.34. The van der Waals surface area contributed by atoms with Crippen LogP contribution in [0.15, 0.2) is 18.2 Å². The standard InChI is InChI=1S/C13H14N2O5/c1-13(2,12(17)18)7-14-10-4-3-9(15(19)20)5-8(10)6-11(14)16/h3-5H,6-7H2,1-2H3,(H,17,18). The number of hydrogen-bond donors (Lipinski definition) is 1. The van der Waals surface area contributed by atoms with Gasteiger partial charge in [0.05, 0.1) is 16.8 Å². The van der Waals surface area contributed by atoms with E-state index in [9.17, 15) is 19.7 Å². The summed E-state index contributed by atoms with van der Waals surface area (Å²) in [7, 11) is 0. The summed E-state index contributed by atoms with van der Waals surface area (Å²) >= 11 is 0. The van der Waals surface area contributed by atoms with Crippen molar-refractivity contribution >= 4 is 23.3 Å². The molecule has 0 saturated heterocycles. The third-order valence-corrected chi connectivity index (χ3v) is 3.34. The summed E-state index contributed by atoms with van der Waals surface area (Å²) in [5.41, 5.74) is -0.0461. The average molecular weight is 278 g/mol. The SMILES string of the molecule is CC(C)(CN1C(=O)Cc2cc([N+](=O)[O-])ccc21)C(=O)O. The van der Waals surface area contributed by atoms with E-state index in [1.165, 1.54) is 36.9 Å². The van der Waals surface area contributed by atoms with Gasteiger partial charge in [-0.15, -0.1) is 0 Å². The van der Waals surface area contributed by atoms with Crippen molar-refractivity contribution in [3.8, 4) is 0 Å². The second-order valence-corrected chi connectivity index (χ2v) is 5.42. The quantitative estimate of drug-likeness (QED) is 0.665. The van der Waals surface area contributed by atoms with Gasteiger partial charge in [-0.2, -0.15) is 0 Å². The zero-order valence-corrected chi connectivity index (χ0v) is 11.1. The Hall–Kier alpha value is -2.44. The van der Waals surface area contributed by atoms with Gasteiger partial charge >= 0.3 is 5.97 Å². The molecule has 0 aliphatic carbocycles. The highest BCUT2D eigenvalue weighted by molar-refractivity contribution is 6.02. The molecule has 0 fully saturated rings. The number of carbonyl (C=O) groups excluding carboxylic acids is 1. The molecule has 0 spiro atoms. The maximum Gasteiger partial charge on any atom is 0.310 e. The van der Waals surface area contributed by atoms with Gasteiger partial charge in [-0.25, -0.2) is 0 Å². The number of carbonyl (C=O) groups is 2. The average Bonchev–Trinajstić information content (AvgIpc) is 2.64. The van der Waals surface area contributed by atoms with Gasteiger partial charge in [-0.05, 0) is 25.5 Å². The van der Waals surface area contributed by atoms with Gasteiger partial charge in [0.2, 0.25) is 5.91 Å². The van der Waals surface area contributed by atoms with E-state index in [0.29, 0.717) is 11.3 Å². The smallest absolute Gasteiger partial charge is 0.310 e. The molecule has 0 radical (unpaired) electrons. The van der Waals surface area contributed by atoms with Crippen LogP contribution < -0.4 is 4.90 Å². The Kier molecular flexibility index (Phi) is 3.21.